The summed E-state index contributed by atoms with van der Waals surface area (Å²) in [6, 6.07) is 8.31. The van der Waals surface area contributed by atoms with Gasteiger partial charge in [0.25, 0.3) is 0 Å². The van der Waals surface area contributed by atoms with Gasteiger partial charge in [-0.25, -0.2) is 0 Å². The van der Waals surface area contributed by atoms with Crippen LogP contribution in [0.15, 0.2) is 24.3 Å². The van der Waals surface area contributed by atoms with Crippen molar-refractivity contribution in [2.75, 3.05) is 6.61 Å². The summed E-state index contributed by atoms with van der Waals surface area (Å²) in [6.07, 6.45) is 3.54. The van der Waals surface area contributed by atoms with Gasteiger partial charge < -0.3 is 15.4 Å². The van der Waals surface area contributed by atoms with E-state index in [4.69, 9.17) is 10.5 Å². The van der Waals surface area contributed by atoms with Gasteiger partial charge in [-0.15, -0.1) is 0 Å². The molecule has 4 heteroatoms. The van der Waals surface area contributed by atoms with E-state index in [0.29, 0.717) is 19.1 Å². The van der Waals surface area contributed by atoms with E-state index in [-0.39, 0.29) is 18.0 Å². The molecule has 1 saturated heterocycles. The van der Waals surface area contributed by atoms with Gasteiger partial charge in [0, 0.05) is 24.1 Å². The lowest BCUT2D eigenvalue weighted by atomic mass is 9.89. The van der Waals surface area contributed by atoms with Gasteiger partial charge in [-0.05, 0) is 32.3 Å². The van der Waals surface area contributed by atoms with Crippen molar-refractivity contribution >= 4 is 5.91 Å². The molecule has 2 unspecified atom stereocenters. The Kier molecular flexibility index (Phi) is 3.66. The van der Waals surface area contributed by atoms with Gasteiger partial charge in [-0.3, -0.25) is 4.79 Å². The van der Waals surface area contributed by atoms with Crippen LogP contribution in [0.3, 0.4) is 0 Å². The number of ether oxygens (including phenoxy) is 1. The number of carbonyl (C=O) groups excluding carboxylic acids is 1. The lowest BCUT2D eigenvalue weighted by molar-refractivity contribution is -0.138. The zero-order chi connectivity index (χ0) is 14.1. The van der Waals surface area contributed by atoms with Crippen molar-refractivity contribution in [2.24, 2.45) is 5.73 Å². The third-order valence-electron chi connectivity index (χ3n) is 4.16. The molecule has 1 saturated carbocycles. The normalized spacial score (nSPS) is 26.7. The van der Waals surface area contributed by atoms with Crippen LogP contribution >= 0.6 is 0 Å². The van der Waals surface area contributed by atoms with Crippen molar-refractivity contribution in [1.82, 2.24) is 4.90 Å². The average molecular weight is 274 g/mol. The molecular weight excluding hydrogens is 252 g/mol. The molecule has 0 radical (unpaired) electrons. The van der Waals surface area contributed by atoms with Crippen LogP contribution in [0.4, 0.5) is 0 Å². The van der Waals surface area contributed by atoms with E-state index in [1.165, 1.54) is 0 Å². The minimum atomic E-state index is -0.0356. The molecule has 1 aromatic carbocycles. The van der Waals surface area contributed by atoms with Crippen LogP contribution in [0.5, 0.6) is 5.75 Å². The van der Waals surface area contributed by atoms with Crippen molar-refractivity contribution in [3.8, 4) is 5.75 Å². The molecule has 2 aliphatic rings. The van der Waals surface area contributed by atoms with Crippen LogP contribution < -0.4 is 10.5 Å². The number of amides is 1. The molecule has 1 heterocycles. The number of nitrogens with zero attached hydrogens (tertiary/aromatic N) is 1. The second-order valence-electron chi connectivity index (χ2n) is 5.65. The van der Waals surface area contributed by atoms with Crippen molar-refractivity contribution in [2.45, 2.75) is 50.7 Å². The summed E-state index contributed by atoms with van der Waals surface area (Å²) in [5, 5.41) is 0. The number of hydrogen-bond acceptors (Lipinski definition) is 3. The fourth-order valence-corrected chi connectivity index (χ4v) is 3.11. The number of piperidine rings is 1. The molecule has 20 heavy (non-hydrogen) atoms. The second-order valence-corrected chi connectivity index (χ2v) is 5.65. The second kappa shape index (κ2) is 5.44. The first-order chi connectivity index (χ1) is 9.72. The van der Waals surface area contributed by atoms with Crippen molar-refractivity contribution in [3.05, 3.63) is 29.8 Å². The van der Waals surface area contributed by atoms with Crippen LogP contribution in [0, 0.1) is 0 Å². The smallest absolute Gasteiger partial charge is 0.223 e. The van der Waals surface area contributed by atoms with Crippen molar-refractivity contribution < 1.29 is 9.53 Å². The van der Waals surface area contributed by atoms with E-state index < -0.39 is 0 Å². The number of rotatable bonds is 4. The molecule has 1 amide bonds. The molecule has 2 N–H and O–H groups in total. The maximum atomic E-state index is 12.3. The predicted molar refractivity (Wildman–Crippen MR) is 77.4 cm³/mol. The van der Waals surface area contributed by atoms with Gasteiger partial charge >= 0.3 is 0 Å². The first-order valence-electron chi connectivity index (χ1n) is 7.51. The highest BCUT2D eigenvalue weighted by Crippen LogP contribution is 2.42. The van der Waals surface area contributed by atoms with E-state index in [0.717, 1.165) is 30.6 Å². The Morgan fingerprint density at radius 1 is 1.30 bits per heavy atom. The Balaban J connectivity index is 1.98. The number of carbonyl (C=O) groups is 1. The van der Waals surface area contributed by atoms with Crippen molar-refractivity contribution in [1.29, 1.82) is 0 Å². The summed E-state index contributed by atoms with van der Waals surface area (Å²) >= 11 is 0. The molecule has 108 valence electrons. The molecule has 1 aliphatic heterocycles. The molecule has 1 aromatic rings. The monoisotopic (exact) mass is 274 g/mol. The number of nitrogens with two attached hydrogens (primary N) is 1. The zero-order valence-electron chi connectivity index (χ0n) is 11.9. The molecule has 2 fully saturated rings. The van der Waals surface area contributed by atoms with E-state index in [9.17, 15) is 4.79 Å². The minimum absolute atomic E-state index is 0.00472. The Hall–Kier alpha value is -1.55. The van der Waals surface area contributed by atoms with E-state index in [1.807, 2.05) is 36.1 Å². The topological polar surface area (TPSA) is 55.6 Å². The fraction of sp³-hybridized carbons (Fsp3) is 0.562. The molecule has 2 atom stereocenters. The van der Waals surface area contributed by atoms with Crippen molar-refractivity contribution in [3.63, 3.8) is 0 Å². The summed E-state index contributed by atoms with van der Waals surface area (Å²) in [5.74, 6) is 1.10. The van der Waals surface area contributed by atoms with Gasteiger partial charge in [-0.1, -0.05) is 18.2 Å². The highest BCUT2D eigenvalue weighted by Gasteiger charge is 2.43. The van der Waals surface area contributed by atoms with E-state index in [1.54, 1.807) is 0 Å². The van der Waals surface area contributed by atoms with Gasteiger partial charge in [0.15, 0.2) is 0 Å². The van der Waals surface area contributed by atoms with E-state index >= 15 is 0 Å². The van der Waals surface area contributed by atoms with Gasteiger partial charge in [0.05, 0.1) is 12.6 Å². The van der Waals surface area contributed by atoms with Gasteiger partial charge in [-0.2, -0.15) is 0 Å². The zero-order valence-corrected chi connectivity index (χ0v) is 11.9. The Bertz CT molecular complexity index is 499. The van der Waals surface area contributed by atoms with Crippen LogP contribution in [0.25, 0.3) is 0 Å². The Morgan fingerprint density at radius 3 is 2.75 bits per heavy atom. The highest BCUT2D eigenvalue weighted by atomic mass is 16.5. The molecule has 3 rings (SSSR count). The summed E-state index contributed by atoms with van der Waals surface area (Å²) < 4.78 is 5.73. The maximum absolute atomic E-state index is 12.3. The predicted octanol–water partition coefficient (Wildman–Crippen LogP) is 2.24. The third kappa shape index (κ3) is 2.40. The SMILES string of the molecule is CCOc1ccccc1C1C(N)CCC(=O)N1C1CC1. The largest absolute Gasteiger partial charge is 0.494 e. The quantitative estimate of drug-likeness (QED) is 0.916. The summed E-state index contributed by atoms with van der Waals surface area (Å²) in [5.41, 5.74) is 7.40. The average Bonchev–Trinajstić information content (AvgIpc) is 3.27. The summed E-state index contributed by atoms with van der Waals surface area (Å²) in [4.78, 5) is 14.3. The first-order valence-corrected chi connectivity index (χ1v) is 7.51. The lowest BCUT2D eigenvalue weighted by Gasteiger charge is -2.40. The molecular formula is C16H22N2O2. The standard InChI is InChI=1S/C16H22N2O2/c1-2-20-14-6-4-3-5-12(14)16-13(17)9-10-15(19)18(16)11-7-8-11/h3-6,11,13,16H,2,7-10,17H2,1H3. The molecule has 0 bridgehead atoms. The van der Waals surface area contributed by atoms with Crippen LogP contribution in [-0.2, 0) is 4.79 Å². The van der Waals surface area contributed by atoms with Gasteiger partial charge in [0.1, 0.15) is 5.75 Å². The first kappa shape index (κ1) is 13.4. The maximum Gasteiger partial charge on any atom is 0.223 e. The number of benzene rings is 1. The number of likely N-dealkylation sites (tertiary alicyclic amines) is 1. The summed E-state index contributed by atoms with van der Waals surface area (Å²) in [6.45, 7) is 2.59. The van der Waals surface area contributed by atoms with Gasteiger partial charge in [0.2, 0.25) is 5.91 Å². The Morgan fingerprint density at radius 2 is 2.05 bits per heavy atom. The number of para-hydroxylation sites is 1. The minimum Gasteiger partial charge on any atom is -0.494 e. The molecule has 0 spiro atoms. The lowest BCUT2D eigenvalue weighted by Crippen LogP contribution is -2.49. The third-order valence-corrected chi connectivity index (χ3v) is 4.16. The fourth-order valence-electron chi connectivity index (χ4n) is 3.11. The van der Waals surface area contributed by atoms with Crippen LogP contribution in [0.2, 0.25) is 0 Å². The molecule has 4 nitrogen and oxygen atoms in total. The van der Waals surface area contributed by atoms with E-state index in [2.05, 4.69) is 0 Å². The Labute approximate surface area is 119 Å². The molecule has 1 aliphatic carbocycles. The number of hydrogen-bond donors (Lipinski definition) is 1. The van der Waals surface area contributed by atoms with Crippen LogP contribution in [-0.4, -0.2) is 29.5 Å². The highest BCUT2D eigenvalue weighted by molar-refractivity contribution is 5.78. The molecule has 0 aromatic heterocycles. The van der Waals surface area contributed by atoms with Crippen LogP contribution in [0.1, 0.15) is 44.2 Å². The summed E-state index contributed by atoms with van der Waals surface area (Å²) in [7, 11) is 0.